The fourth-order valence-corrected chi connectivity index (χ4v) is 1.80. The summed E-state index contributed by atoms with van der Waals surface area (Å²) in [4.78, 5) is 3.80. The van der Waals surface area contributed by atoms with Crippen LogP contribution < -0.4 is 0 Å². The summed E-state index contributed by atoms with van der Waals surface area (Å²) in [5.41, 5.74) is 0.843. The van der Waals surface area contributed by atoms with Gasteiger partial charge in [0.2, 0.25) is 0 Å². The van der Waals surface area contributed by atoms with Crippen molar-refractivity contribution in [1.82, 2.24) is 4.98 Å². The average molecular weight is 181 g/mol. The van der Waals surface area contributed by atoms with Crippen molar-refractivity contribution < 1.29 is 9.50 Å². The molecule has 3 heteroatoms. The molecular formula is C10H12FNO. The number of aromatic nitrogens is 1. The summed E-state index contributed by atoms with van der Waals surface area (Å²) in [6.07, 6.45) is 3.80. The van der Waals surface area contributed by atoms with Crippen molar-refractivity contribution in [2.45, 2.75) is 18.8 Å². The molecule has 2 nitrogen and oxygen atoms in total. The normalized spacial score (nSPS) is 31.8. The molecule has 0 saturated heterocycles. The van der Waals surface area contributed by atoms with Gasteiger partial charge in [0.25, 0.3) is 0 Å². The summed E-state index contributed by atoms with van der Waals surface area (Å²) >= 11 is 0. The second-order valence-corrected chi connectivity index (χ2v) is 3.89. The predicted molar refractivity (Wildman–Crippen MR) is 46.7 cm³/mol. The van der Waals surface area contributed by atoms with Crippen molar-refractivity contribution in [1.29, 1.82) is 0 Å². The van der Waals surface area contributed by atoms with Crippen LogP contribution >= 0.6 is 0 Å². The van der Waals surface area contributed by atoms with Crippen molar-refractivity contribution in [2.24, 2.45) is 5.92 Å². The molecule has 0 amide bonds. The maximum Gasteiger partial charge on any atom is 0.141 e. The highest BCUT2D eigenvalue weighted by molar-refractivity contribution is 5.30. The van der Waals surface area contributed by atoms with Crippen molar-refractivity contribution in [3.63, 3.8) is 0 Å². The first-order chi connectivity index (χ1) is 6.16. The van der Waals surface area contributed by atoms with Crippen molar-refractivity contribution in [3.05, 3.63) is 29.8 Å². The van der Waals surface area contributed by atoms with Gasteiger partial charge in [-0.15, -0.1) is 0 Å². The first-order valence-corrected chi connectivity index (χ1v) is 4.39. The monoisotopic (exact) mass is 181 g/mol. The number of hydrogen-bond acceptors (Lipinski definition) is 2. The quantitative estimate of drug-likeness (QED) is 0.749. The number of halogens is 1. The Morgan fingerprint density at radius 1 is 1.69 bits per heavy atom. The van der Waals surface area contributed by atoms with Crippen molar-refractivity contribution >= 4 is 0 Å². The molecule has 2 rings (SSSR count). The largest absolute Gasteiger partial charge is 0.396 e. The highest BCUT2D eigenvalue weighted by Gasteiger charge is 2.50. The van der Waals surface area contributed by atoms with Gasteiger partial charge < -0.3 is 5.11 Å². The lowest BCUT2D eigenvalue weighted by Gasteiger charge is -2.09. The van der Waals surface area contributed by atoms with Crippen molar-refractivity contribution in [3.8, 4) is 0 Å². The summed E-state index contributed by atoms with van der Waals surface area (Å²) in [5, 5.41) is 8.96. The van der Waals surface area contributed by atoms with Gasteiger partial charge in [0, 0.05) is 12.8 Å². The van der Waals surface area contributed by atoms with E-state index in [1.165, 1.54) is 12.3 Å². The summed E-state index contributed by atoms with van der Waals surface area (Å²) in [5.74, 6) is -0.0292. The van der Waals surface area contributed by atoms with Gasteiger partial charge in [-0.2, -0.15) is 0 Å². The third-order valence-corrected chi connectivity index (χ3v) is 3.00. The highest BCUT2D eigenvalue weighted by Crippen LogP contribution is 2.53. The van der Waals surface area contributed by atoms with Crippen LogP contribution in [0.15, 0.2) is 18.5 Å². The van der Waals surface area contributed by atoms with Gasteiger partial charge in [0.15, 0.2) is 0 Å². The number of rotatable bonds is 2. The molecular weight excluding hydrogens is 169 g/mol. The Balaban J connectivity index is 2.27. The zero-order valence-electron chi connectivity index (χ0n) is 7.50. The molecule has 2 unspecified atom stereocenters. The standard InChI is InChI=1S/C10H12FNO/c1-10(3-8(10)6-13)7-2-9(11)5-12-4-7/h2,4-5,8,13H,3,6H2,1H3. The second-order valence-electron chi connectivity index (χ2n) is 3.89. The van der Waals surface area contributed by atoms with Crippen LogP contribution in [0.5, 0.6) is 0 Å². The molecule has 1 saturated carbocycles. The summed E-state index contributed by atoms with van der Waals surface area (Å²) in [7, 11) is 0. The van der Waals surface area contributed by atoms with Gasteiger partial charge in [-0.25, -0.2) is 4.39 Å². The van der Waals surface area contributed by atoms with Gasteiger partial charge in [0.1, 0.15) is 5.82 Å². The zero-order chi connectivity index (χ0) is 9.47. The SMILES string of the molecule is CC1(c2cncc(F)c2)CC1CO. The number of aliphatic hydroxyl groups excluding tert-OH is 1. The molecule has 1 aliphatic rings. The Hall–Kier alpha value is -0.960. The van der Waals surface area contributed by atoms with Gasteiger partial charge in [-0.1, -0.05) is 6.92 Å². The van der Waals surface area contributed by atoms with Crippen molar-refractivity contribution in [2.75, 3.05) is 6.61 Å². The first kappa shape index (κ1) is 8.63. The molecule has 1 N–H and O–H groups in total. The van der Waals surface area contributed by atoms with Crippen LogP contribution in [-0.2, 0) is 5.41 Å². The summed E-state index contributed by atoms with van der Waals surface area (Å²) in [6, 6.07) is 1.50. The maximum atomic E-state index is 12.8. The van der Waals surface area contributed by atoms with Crippen LogP contribution in [0.4, 0.5) is 4.39 Å². The number of aliphatic hydroxyl groups is 1. The lowest BCUT2D eigenvalue weighted by atomic mass is 9.97. The third kappa shape index (κ3) is 1.33. The van der Waals surface area contributed by atoms with Gasteiger partial charge in [0.05, 0.1) is 6.20 Å². The van der Waals surface area contributed by atoms with E-state index in [4.69, 9.17) is 5.11 Å². The minimum absolute atomic E-state index is 0.0517. The minimum atomic E-state index is -0.303. The Bertz CT molecular complexity index is 328. The zero-order valence-corrected chi connectivity index (χ0v) is 7.50. The Morgan fingerprint density at radius 3 is 3.00 bits per heavy atom. The minimum Gasteiger partial charge on any atom is -0.396 e. The number of hydrogen-bond donors (Lipinski definition) is 1. The molecule has 0 aliphatic heterocycles. The Kier molecular flexibility index (Phi) is 1.84. The lowest BCUT2D eigenvalue weighted by Crippen LogP contribution is -2.07. The summed E-state index contributed by atoms with van der Waals surface area (Å²) in [6.45, 7) is 2.21. The van der Waals surface area contributed by atoms with E-state index in [-0.39, 0.29) is 23.8 Å². The molecule has 2 atom stereocenters. The van der Waals surface area contributed by atoms with E-state index >= 15 is 0 Å². The van der Waals surface area contributed by atoms with E-state index in [9.17, 15) is 4.39 Å². The Labute approximate surface area is 76.4 Å². The highest BCUT2D eigenvalue weighted by atomic mass is 19.1. The van der Waals surface area contributed by atoms with E-state index in [1.54, 1.807) is 6.20 Å². The first-order valence-electron chi connectivity index (χ1n) is 4.39. The van der Waals surface area contributed by atoms with Crippen LogP contribution in [-0.4, -0.2) is 16.7 Å². The van der Waals surface area contributed by atoms with Crippen LogP contribution in [0.3, 0.4) is 0 Å². The fraction of sp³-hybridized carbons (Fsp3) is 0.500. The van der Waals surface area contributed by atoms with E-state index in [0.717, 1.165) is 12.0 Å². The van der Waals surface area contributed by atoms with Gasteiger partial charge in [-0.3, -0.25) is 4.98 Å². The van der Waals surface area contributed by atoms with Crippen LogP contribution in [0.25, 0.3) is 0 Å². The van der Waals surface area contributed by atoms with E-state index in [0.29, 0.717) is 0 Å². The molecule has 0 radical (unpaired) electrons. The topological polar surface area (TPSA) is 33.1 Å². The summed E-state index contributed by atoms with van der Waals surface area (Å²) < 4.78 is 12.8. The van der Waals surface area contributed by atoms with Crippen LogP contribution in [0.1, 0.15) is 18.9 Å². The molecule has 0 bridgehead atoms. The molecule has 1 aromatic heterocycles. The maximum absolute atomic E-state index is 12.8. The van der Waals surface area contributed by atoms with Gasteiger partial charge >= 0.3 is 0 Å². The second kappa shape index (κ2) is 2.77. The number of pyridine rings is 1. The molecule has 1 aliphatic carbocycles. The molecule has 1 heterocycles. The molecule has 70 valence electrons. The molecule has 0 spiro atoms. The molecule has 1 aromatic rings. The van der Waals surface area contributed by atoms with Gasteiger partial charge in [-0.05, 0) is 29.4 Å². The molecule has 0 aromatic carbocycles. The molecule has 13 heavy (non-hydrogen) atoms. The van der Waals surface area contributed by atoms with E-state index in [1.807, 2.05) is 6.92 Å². The Morgan fingerprint density at radius 2 is 2.46 bits per heavy atom. The van der Waals surface area contributed by atoms with E-state index < -0.39 is 0 Å². The average Bonchev–Trinajstić information content (AvgIpc) is 2.79. The number of nitrogens with zero attached hydrogens (tertiary/aromatic N) is 1. The molecule has 1 fully saturated rings. The fourth-order valence-electron chi connectivity index (χ4n) is 1.80. The predicted octanol–water partition coefficient (Wildman–Crippen LogP) is 1.49. The van der Waals surface area contributed by atoms with Crippen LogP contribution in [0.2, 0.25) is 0 Å². The third-order valence-electron chi connectivity index (χ3n) is 3.00. The smallest absolute Gasteiger partial charge is 0.141 e. The van der Waals surface area contributed by atoms with Crippen LogP contribution in [0, 0.1) is 11.7 Å². The van der Waals surface area contributed by atoms with E-state index in [2.05, 4.69) is 4.98 Å². The lowest BCUT2D eigenvalue weighted by molar-refractivity contribution is 0.265.